The first-order valence-corrected chi connectivity index (χ1v) is 9.84. The van der Waals surface area contributed by atoms with Gasteiger partial charge in [0.05, 0.1) is 18.1 Å². The SMILES string of the molecule is COC(=O)C1CC(OC)CN1C(=O)CCc1ccc(S(C)(=O)=O)cc1. The van der Waals surface area contributed by atoms with Crippen molar-refractivity contribution in [2.75, 3.05) is 27.0 Å². The molecule has 0 saturated carbocycles. The van der Waals surface area contributed by atoms with E-state index >= 15 is 0 Å². The van der Waals surface area contributed by atoms with E-state index in [0.717, 1.165) is 11.8 Å². The van der Waals surface area contributed by atoms with Gasteiger partial charge in [-0.2, -0.15) is 0 Å². The molecule has 0 aromatic heterocycles. The van der Waals surface area contributed by atoms with Crippen molar-refractivity contribution in [3.63, 3.8) is 0 Å². The van der Waals surface area contributed by atoms with E-state index in [1.54, 1.807) is 19.2 Å². The highest BCUT2D eigenvalue weighted by atomic mass is 32.2. The molecule has 1 aliphatic rings. The van der Waals surface area contributed by atoms with Crippen molar-refractivity contribution in [3.8, 4) is 0 Å². The number of benzene rings is 1. The average Bonchev–Trinajstić information content (AvgIpc) is 3.03. The lowest BCUT2D eigenvalue weighted by Gasteiger charge is -2.22. The number of amides is 1. The molecule has 1 heterocycles. The molecule has 2 unspecified atom stereocenters. The smallest absolute Gasteiger partial charge is 0.328 e. The summed E-state index contributed by atoms with van der Waals surface area (Å²) in [5.41, 5.74) is 0.859. The first-order chi connectivity index (χ1) is 11.8. The molecular weight excluding hydrogens is 346 g/mol. The third-order valence-corrected chi connectivity index (χ3v) is 5.50. The molecule has 0 aliphatic carbocycles. The maximum absolute atomic E-state index is 12.5. The number of nitrogens with zero attached hydrogens (tertiary/aromatic N) is 1. The summed E-state index contributed by atoms with van der Waals surface area (Å²) in [5.74, 6) is -0.590. The van der Waals surface area contributed by atoms with Crippen LogP contribution in [-0.2, 0) is 35.3 Å². The zero-order valence-corrected chi connectivity index (χ0v) is 15.4. The van der Waals surface area contributed by atoms with Gasteiger partial charge in [0, 0.05) is 32.8 Å². The van der Waals surface area contributed by atoms with Crippen molar-refractivity contribution in [1.29, 1.82) is 0 Å². The number of aryl methyl sites for hydroxylation is 1. The highest BCUT2D eigenvalue weighted by Crippen LogP contribution is 2.22. The van der Waals surface area contributed by atoms with Crippen LogP contribution < -0.4 is 0 Å². The fraction of sp³-hybridized carbons (Fsp3) is 0.529. The summed E-state index contributed by atoms with van der Waals surface area (Å²) in [5, 5.41) is 0. The molecule has 1 aromatic carbocycles. The van der Waals surface area contributed by atoms with Crippen LogP contribution >= 0.6 is 0 Å². The van der Waals surface area contributed by atoms with Crippen LogP contribution in [0.5, 0.6) is 0 Å². The normalized spacial score (nSPS) is 20.5. The van der Waals surface area contributed by atoms with Gasteiger partial charge in [-0.1, -0.05) is 12.1 Å². The third-order valence-electron chi connectivity index (χ3n) is 4.37. The molecule has 1 saturated heterocycles. The molecule has 1 aromatic rings. The van der Waals surface area contributed by atoms with Crippen LogP contribution in [0, 0.1) is 0 Å². The molecule has 1 fully saturated rings. The summed E-state index contributed by atoms with van der Waals surface area (Å²) >= 11 is 0. The fourth-order valence-electron chi connectivity index (χ4n) is 2.90. The summed E-state index contributed by atoms with van der Waals surface area (Å²) in [6.45, 7) is 0.363. The topological polar surface area (TPSA) is 90.0 Å². The Kier molecular flexibility index (Phi) is 6.18. The van der Waals surface area contributed by atoms with Crippen molar-refractivity contribution in [1.82, 2.24) is 4.90 Å². The summed E-state index contributed by atoms with van der Waals surface area (Å²) < 4.78 is 32.9. The van der Waals surface area contributed by atoms with Crippen LogP contribution in [0.3, 0.4) is 0 Å². The molecule has 0 spiro atoms. The molecule has 138 valence electrons. The predicted octanol–water partition coefficient (Wildman–Crippen LogP) is 0.812. The molecular formula is C17H23NO6S. The van der Waals surface area contributed by atoms with E-state index in [-0.39, 0.29) is 23.3 Å². The zero-order chi connectivity index (χ0) is 18.6. The lowest BCUT2D eigenvalue weighted by atomic mass is 10.1. The Morgan fingerprint density at radius 1 is 1.20 bits per heavy atom. The number of hydrogen-bond donors (Lipinski definition) is 0. The van der Waals surface area contributed by atoms with Crippen molar-refractivity contribution in [3.05, 3.63) is 29.8 Å². The van der Waals surface area contributed by atoms with Gasteiger partial charge in [-0.05, 0) is 24.1 Å². The van der Waals surface area contributed by atoms with Gasteiger partial charge in [-0.15, -0.1) is 0 Å². The van der Waals surface area contributed by atoms with Gasteiger partial charge in [0.1, 0.15) is 6.04 Å². The van der Waals surface area contributed by atoms with Crippen molar-refractivity contribution in [2.45, 2.75) is 36.3 Å². The Labute approximate surface area is 147 Å². The number of carbonyl (C=O) groups is 2. The molecule has 2 rings (SSSR count). The third kappa shape index (κ3) is 4.79. The Bertz CT molecular complexity index is 728. The van der Waals surface area contributed by atoms with Crippen molar-refractivity contribution >= 4 is 21.7 Å². The highest BCUT2D eigenvalue weighted by Gasteiger charge is 2.40. The van der Waals surface area contributed by atoms with E-state index in [0.29, 0.717) is 19.4 Å². The van der Waals surface area contributed by atoms with Crippen LogP contribution in [0.15, 0.2) is 29.2 Å². The summed E-state index contributed by atoms with van der Waals surface area (Å²) in [4.78, 5) is 26.1. The Hall–Kier alpha value is -1.93. The van der Waals surface area contributed by atoms with Crippen molar-refractivity contribution < 1.29 is 27.5 Å². The summed E-state index contributed by atoms with van der Waals surface area (Å²) in [6, 6.07) is 5.84. The van der Waals surface area contributed by atoms with Gasteiger partial charge in [0.15, 0.2) is 9.84 Å². The number of methoxy groups -OCH3 is 2. The fourth-order valence-corrected chi connectivity index (χ4v) is 3.53. The molecule has 0 N–H and O–H groups in total. The van der Waals surface area contributed by atoms with Gasteiger partial charge < -0.3 is 14.4 Å². The molecule has 0 radical (unpaired) electrons. The standard InChI is InChI=1S/C17H23NO6S/c1-23-13-10-15(17(20)24-2)18(11-13)16(19)9-6-12-4-7-14(8-5-12)25(3,21)22/h4-5,7-8,13,15H,6,9-11H2,1-3H3. The maximum Gasteiger partial charge on any atom is 0.328 e. The predicted molar refractivity (Wildman–Crippen MR) is 90.8 cm³/mol. The molecule has 8 heteroatoms. The summed E-state index contributed by atoms with van der Waals surface area (Å²) in [6.07, 6.45) is 2.09. The second-order valence-electron chi connectivity index (χ2n) is 6.09. The van der Waals surface area contributed by atoms with Crippen molar-refractivity contribution in [2.24, 2.45) is 0 Å². The lowest BCUT2D eigenvalue weighted by molar-refractivity contribution is -0.150. The van der Waals surface area contributed by atoms with Crippen LogP contribution in [0.1, 0.15) is 18.4 Å². The van der Waals surface area contributed by atoms with Gasteiger partial charge in [-0.25, -0.2) is 13.2 Å². The second-order valence-corrected chi connectivity index (χ2v) is 8.11. The first-order valence-electron chi connectivity index (χ1n) is 7.95. The Morgan fingerprint density at radius 3 is 2.36 bits per heavy atom. The molecule has 1 aliphatic heterocycles. The molecule has 25 heavy (non-hydrogen) atoms. The quantitative estimate of drug-likeness (QED) is 0.690. The molecule has 2 atom stereocenters. The minimum absolute atomic E-state index is 0.151. The van der Waals surface area contributed by atoms with E-state index in [2.05, 4.69) is 0 Å². The molecule has 7 nitrogen and oxygen atoms in total. The number of rotatable bonds is 6. The summed E-state index contributed by atoms with van der Waals surface area (Å²) in [7, 11) is -0.381. The average molecular weight is 369 g/mol. The van der Waals surface area contributed by atoms with Crippen LogP contribution in [-0.4, -0.2) is 64.4 Å². The Balaban J connectivity index is 2.00. The second kappa shape index (κ2) is 7.97. The van der Waals surface area contributed by atoms with Crippen LogP contribution in [0.2, 0.25) is 0 Å². The largest absolute Gasteiger partial charge is 0.467 e. The van der Waals surface area contributed by atoms with Crippen LogP contribution in [0.4, 0.5) is 0 Å². The number of esters is 1. The van der Waals surface area contributed by atoms with Gasteiger partial charge in [0.2, 0.25) is 5.91 Å². The minimum atomic E-state index is -3.23. The first kappa shape index (κ1) is 19.4. The monoisotopic (exact) mass is 369 g/mol. The molecule has 0 bridgehead atoms. The number of ether oxygens (including phenoxy) is 2. The molecule has 1 amide bonds. The van der Waals surface area contributed by atoms with E-state index in [1.807, 2.05) is 0 Å². The number of carbonyl (C=O) groups excluding carboxylic acids is 2. The van der Waals surface area contributed by atoms with Gasteiger partial charge >= 0.3 is 5.97 Å². The maximum atomic E-state index is 12.5. The van der Waals surface area contributed by atoms with E-state index in [4.69, 9.17) is 9.47 Å². The van der Waals surface area contributed by atoms with E-state index < -0.39 is 21.8 Å². The lowest BCUT2D eigenvalue weighted by Crippen LogP contribution is -2.41. The highest BCUT2D eigenvalue weighted by molar-refractivity contribution is 7.90. The van der Waals surface area contributed by atoms with E-state index in [9.17, 15) is 18.0 Å². The van der Waals surface area contributed by atoms with Gasteiger partial charge in [0.25, 0.3) is 0 Å². The minimum Gasteiger partial charge on any atom is -0.467 e. The number of hydrogen-bond acceptors (Lipinski definition) is 6. The number of sulfone groups is 1. The van der Waals surface area contributed by atoms with Gasteiger partial charge in [-0.3, -0.25) is 4.79 Å². The van der Waals surface area contributed by atoms with Crippen LogP contribution in [0.25, 0.3) is 0 Å². The van der Waals surface area contributed by atoms with E-state index in [1.165, 1.54) is 24.1 Å². The Morgan fingerprint density at radius 2 is 1.84 bits per heavy atom. The zero-order valence-electron chi connectivity index (χ0n) is 14.6. The number of likely N-dealkylation sites (tertiary alicyclic amines) is 1.